The Morgan fingerprint density at radius 2 is 2.10 bits per heavy atom. The zero-order valence-corrected chi connectivity index (χ0v) is 12.6. The van der Waals surface area contributed by atoms with E-state index < -0.39 is 0 Å². The van der Waals surface area contributed by atoms with Crippen molar-refractivity contribution in [1.29, 1.82) is 0 Å². The van der Waals surface area contributed by atoms with Crippen molar-refractivity contribution in [2.75, 3.05) is 19.9 Å². The molecule has 1 aromatic rings. The summed E-state index contributed by atoms with van der Waals surface area (Å²) in [5.74, 6) is 1.53. The Morgan fingerprint density at radius 3 is 2.86 bits per heavy atom. The van der Waals surface area contributed by atoms with Gasteiger partial charge in [0.1, 0.15) is 0 Å². The average Bonchev–Trinajstić information content (AvgIpc) is 2.90. The summed E-state index contributed by atoms with van der Waals surface area (Å²) in [6, 6.07) is 5.75. The Kier molecular flexibility index (Phi) is 5.07. The topological polar surface area (TPSA) is 67.8 Å². The number of hydrogen-bond acceptors (Lipinski definition) is 4. The van der Waals surface area contributed by atoms with Gasteiger partial charge in [-0.2, -0.15) is 0 Å². The van der Waals surface area contributed by atoms with E-state index in [9.17, 15) is 4.79 Å². The van der Waals surface area contributed by atoms with E-state index in [0.29, 0.717) is 25.8 Å². The van der Waals surface area contributed by atoms with Crippen LogP contribution in [0, 0.1) is 5.41 Å². The van der Waals surface area contributed by atoms with Crippen LogP contribution in [0.3, 0.4) is 0 Å². The van der Waals surface area contributed by atoms with E-state index >= 15 is 0 Å². The fourth-order valence-electron chi connectivity index (χ4n) is 2.17. The van der Waals surface area contributed by atoms with Crippen LogP contribution in [-0.2, 0) is 11.2 Å². The number of carbonyl (C=O) groups is 1. The molecule has 5 nitrogen and oxygen atoms in total. The van der Waals surface area contributed by atoms with Gasteiger partial charge in [0.25, 0.3) is 0 Å². The van der Waals surface area contributed by atoms with Crippen molar-refractivity contribution in [3.05, 3.63) is 23.8 Å². The van der Waals surface area contributed by atoms with E-state index in [1.165, 1.54) is 0 Å². The smallest absolute Gasteiger partial charge is 0.231 e. The molecule has 0 atom stereocenters. The van der Waals surface area contributed by atoms with Crippen LogP contribution < -0.4 is 14.8 Å². The van der Waals surface area contributed by atoms with Crippen molar-refractivity contribution in [3.63, 3.8) is 0 Å². The van der Waals surface area contributed by atoms with Gasteiger partial charge in [0.2, 0.25) is 12.7 Å². The third-order valence-electron chi connectivity index (χ3n) is 3.63. The molecule has 1 aliphatic heterocycles. The molecule has 0 aromatic heterocycles. The largest absolute Gasteiger partial charge is 0.454 e. The van der Waals surface area contributed by atoms with Crippen molar-refractivity contribution < 1.29 is 19.4 Å². The Labute approximate surface area is 125 Å². The fourth-order valence-corrected chi connectivity index (χ4v) is 2.17. The van der Waals surface area contributed by atoms with Gasteiger partial charge in [-0.15, -0.1) is 0 Å². The Hall–Kier alpha value is -1.75. The minimum atomic E-state index is -0.0802. The quantitative estimate of drug-likeness (QED) is 0.805. The summed E-state index contributed by atoms with van der Waals surface area (Å²) in [4.78, 5) is 11.9. The van der Waals surface area contributed by atoms with Crippen LogP contribution in [0.15, 0.2) is 18.2 Å². The second-order valence-electron chi connectivity index (χ2n) is 6.10. The Morgan fingerprint density at radius 1 is 1.33 bits per heavy atom. The number of benzene rings is 1. The maximum Gasteiger partial charge on any atom is 0.231 e. The first-order valence-corrected chi connectivity index (χ1v) is 7.26. The summed E-state index contributed by atoms with van der Waals surface area (Å²) in [5.41, 5.74) is 0.979. The average molecular weight is 293 g/mol. The molecule has 0 unspecified atom stereocenters. The molecule has 0 fully saturated rings. The van der Waals surface area contributed by atoms with Gasteiger partial charge in [-0.1, -0.05) is 19.9 Å². The Balaban J connectivity index is 1.76. The number of ether oxygens (including phenoxy) is 2. The van der Waals surface area contributed by atoms with E-state index in [0.717, 1.165) is 17.1 Å². The molecule has 2 rings (SSSR count). The zero-order valence-electron chi connectivity index (χ0n) is 12.6. The lowest BCUT2D eigenvalue weighted by molar-refractivity contribution is -0.121. The first-order chi connectivity index (χ1) is 10.00. The number of aliphatic hydroxyl groups excluding tert-OH is 1. The lowest BCUT2D eigenvalue weighted by Gasteiger charge is -2.23. The molecule has 1 aliphatic rings. The van der Waals surface area contributed by atoms with Gasteiger partial charge in [-0.3, -0.25) is 4.79 Å². The SMILES string of the molecule is CC(C)(CCO)CNC(=O)CCc1ccc2c(c1)OCO2. The predicted molar refractivity (Wildman–Crippen MR) is 79.4 cm³/mol. The first kappa shape index (κ1) is 15.6. The zero-order chi connectivity index (χ0) is 15.3. The molecule has 1 amide bonds. The molecular weight excluding hydrogens is 270 g/mol. The number of aryl methyl sites for hydroxylation is 1. The highest BCUT2D eigenvalue weighted by atomic mass is 16.7. The van der Waals surface area contributed by atoms with Crippen molar-refractivity contribution >= 4 is 5.91 Å². The van der Waals surface area contributed by atoms with Crippen LogP contribution in [0.25, 0.3) is 0 Å². The number of rotatable bonds is 7. The monoisotopic (exact) mass is 293 g/mol. The summed E-state index contributed by atoms with van der Waals surface area (Å²) < 4.78 is 10.6. The molecular formula is C16H23NO4. The van der Waals surface area contributed by atoms with Gasteiger partial charge in [-0.25, -0.2) is 0 Å². The van der Waals surface area contributed by atoms with Gasteiger partial charge in [-0.05, 0) is 36.0 Å². The highest BCUT2D eigenvalue weighted by Gasteiger charge is 2.18. The molecule has 0 bridgehead atoms. The minimum absolute atomic E-state index is 0.0266. The molecule has 21 heavy (non-hydrogen) atoms. The number of fused-ring (bicyclic) bond motifs is 1. The number of hydrogen-bond donors (Lipinski definition) is 2. The lowest BCUT2D eigenvalue weighted by Crippen LogP contribution is -2.34. The molecule has 0 saturated carbocycles. The molecule has 116 valence electrons. The minimum Gasteiger partial charge on any atom is -0.454 e. The fraction of sp³-hybridized carbons (Fsp3) is 0.562. The normalized spacial score (nSPS) is 13.3. The van der Waals surface area contributed by atoms with Gasteiger partial charge < -0.3 is 19.9 Å². The van der Waals surface area contributed by atoms with Gasteiger partial charge >= 0.3 is 0 Å². The third-order valence-corrected chi connectivity index (χ3v) is 3.63. The maximum absolute atomic E-state index is 11.9. The molecule has 0 radical (unpaired) electrons. The molecule has 0 saturated heterocycles. The summed E-state index contributed by atoms with van der Waals surface area (Å²) in [6.07, 6.45) is 1.78. The van der Waals surface area contributed by atoms with Crippen molar-refractivity contribution in [1.82, 2.24) is 5.32 Å². The van der Waals surface area contributed by atoms with E-state index in [-0.39, 0.29) is 24.7 Å². The van der Waals surface area contributed by atoms with Crippen molar-refractivity contribution in [2.24, 2.45) is 5.41 Å². The van der Waals surface area contributed by atoms with Crippen molar-refractivity contribution in [3.8, 4) is 11.5 Å². The summed E-state index contributed by atoms with van der Waals surface area (Å²) in [7, 11) is 0. The van der Waals surface area contributed by atoms with Gasteiger partial charge in [0.05, 0.1) is 0 Å². The van der Waals surface area contributed by atoms with Crippen LogP contribution in [0.2, 0.25) is 0 Å². The second kappa shape index (κ2) is 6.80. The molecule has 5 heteroatoms. The third kappa shape index (κ3) is 4.63. The van der Waals surface area contributed by atoms with E-state index in [1.54, 1.807) is 0 Å². The molecule has 1 aromatic carbocycles. The van der Waals surface area contributed by atoms with E-state index in [4.69, 9.17) is 14.6 Å². The molecule has 0 spiro atoms. The lowest BCUT2D eigenvalue weighted by atomic mass is 9.90. The highest BCUT2D eigenvalue weighted by Crippen LogP contribution is 2.32. The van der Waals surface area contributed by atoms with E-state index in [1.807, 2.05) is 32.0 Å². The van der Waals surface area contributed by atoms with Gasteiger partial charge in [0.15, 0.2) is 11.5 Å². The molecule has 0 aliphatic carbocycles. The van der Waals surface area contributed by atoms with Crippen LogP contribution in [0.5, 0.6) is 11.5 Å². The van der Waals surface area contributed by atoms with Crippen LogP contribution in [0.4, 0.5) is 0 Å². The highest BCUT2D eigenvalue weighted by molar-refractivity contribution is 5.76. The first-order valence-electron chi connectivity index (χ1n) is 7.26. The standard InChI is InChI=1S/C16H23NO4/c1-16(2,7-8-18)10-17-15(19)6-4-12-3-5-13-14(9-12)21-11-20-13/h3,5,9,18H,4,6-8,10-11H2,1-2H3,(H,17,19). The van der Waals surface area contributed by atoms with Crippen molar-refractivity contribution in [2.45, 2.75) is 33.1 Å². The number of aliphatic hydroxyl groups is 1. The maximum atomic E-state index is 11.9. The number of carbonyl (C=O) groups excluding carboxylic acids is 1. The molecule has 2 N–H and O–H groups in total. The summed E-state index contributed by atoms with van der Waals surface area (Å²) >= 11 is 0. The van der Waals surface area contributed by atoms with Crippen LogP contribution in [0.1, 0.15) is 32.3 Å². The number of amides is 1. The number of nitrogens with one attached hydrogen (secondary N) is 1. The van der Waals surface area contributed by atoms with Crippen LogP contribution in [-0.4, -0.2) is 31.0 Å². The Bertz CT molecular complexity index is 499. The predicted octanol–water partition coefficient (Wildman–Crippen LogP) is 1.87. The summed E-state index contributed by atoms with van der Waals surface area (Å²) in [5, 5.41) is 11.9. The second-order valence-corrected chi connectivity index (χ2v) is 6.10. The summed E-state index contributed by atoms with van der Waals surface area (Å²) in [6.45, 7) is 5.04. The van der Waals surface area contributed by atoms with Gasteiger partial charge in [0, 0.05) is 19.6 Å². The molecule has 1 heterocycles. The van der Waals surface area contributed by atoms with E-state index in [2.05, 4.69) is 5.32 Å². The van der Waals surface area contributed by atoms with Crippen LogP contribution >= 0.6 is 0 Å².